The highest BCUT2D eigenvalue weighted by molar-refractivity contribution is 5.58. The van der Waals surface area contributed by atoms with Crippen LogP contribution >= 0.6 is 0 Å². The summed E-state index contributed by atoms with van der Waals surface area (Å²) in [6.07, 6.45) is 2.50. The molecule has 0 bridgehead atoms. The van der Waals surface area contributed by atoms with Crippen LogP contribution in [0, 0.1) is 0 Å². The minimum atomic E-state index is 0.218. The average molecular weight is 426 g/mol. The summed E-state index contributed by atoms with van der Waals surface area (Å²) < 4.78 is 11.1. The summed E-state index contributed by atoms with van der Waals surface area (Å²) in [6, 6.07) is 14.7. The fourth-order valence-corrected chi connectivity index (χ4v) is 4.88. The number of hydrogen-bond acceptors (Lipinski definition) is 6. The molecule has 0 spiro atoms. The molecule has 2 fully saturated rings. The van der Waals surface area contributed by atoms with E-state index in [1.807, 2.05) is 31.2 Å². The Kier molecular flexibility index (Phi) is 7.20. The van der Waals surface area contributed by atoms with Crippen LogP contribution in [0.4, 0.5) is 5.69 Å². The van der Waals surface area contributed by atoms with E-state index in [-0.39, 0.29) is 5.75 Å². The number of hydrogen-bond donors (Lipinski definition) is 1. The summed E-state index contributed by atoms with van der Waals surface area (Å²) in [5.74, 6) is 1.76. The van der Waals surface area contributed by atoms with Gasteiger partial charge in [0.2, 0.25) is 0 Å². The molecule has 6 heteroatoms. The minimum Gasteiger partial charge on any atom is -0.504 e. The van der Waals surface area contributed by atoms with Crippen molar-refractivity contribution in [3.8, 4) is 17.2 Å². The van der Waals surface area contributed by atoms with Gasteiger partial charge in [0.25, 0.3) is 0 Å². The highest BCUT2D eigenvalue weighted by Crippen LogP contribution is 2.30. The third kappa shape index (κ3) is 5.25. The van der Waals surface area contributed by atoms with Gasteiger partial charge in [-0.05, 0) is 56.1 Å². The molecule has 2 aliphatic rings. The van der Waals surface area contributed by atoms with Crippen molar-refractivity contribution in [1.29, 1.82) is 0 Å². The first kappa shape index (κ1) is 21.8. The third-order valence-corrected chi connectivity index (χ3v) is 6.47. The predicted molar refractivity (Wildman–Crippen MR) is 124 cm³/mol. The first-order chi connectivity index (χ1) is 15.2. The highest BCUT2D eigenvalue weighted by atomic mass is 16.5. The number of anilines is 1. The lowest BCUT2D eigenvalue weighted by Gasteiger charge is -2.44. The summed E-state index contributed by atoms with van der Waals surface area (Å²) in [4.78, 5) is 7.66. The van der Waals surface area contributed by atoms with E-state index < -0.39 is 0 Å². The molecule has 0 saturated carbocycles. The molecule has 0 aromatic heterocycles. The van der Waals surface area contributed by atoms with Crippen LogP contribution < -0.4 is 14.4 Å². The Morgan fingerprint density at radius 2 is 1.81 bits per heavy atom. The van der Waals surface area contributed by atoms with Crippen molar-refractivity contribution >= 4 is 5.69 Å². The van der Waals surface area contributed by atoms with Gasteiger partial charge in [-0.3, -0.25) is 9.80 Å². The molecule has 168 valence electrons. The normalized spacial score (nSPS) is 20.6. The van der Waals surface area contributed by atoms with E-state index in [1.54, 1.807) is 13.2 Å². The smallest absolute Gasteiger partial charge is 0.161 e. The Bertz CT molecular complexity index is 852. The standard InChI is InChI=1S/C25H35N3O3/c1-3-31-25-17-20(10-11-23(25)29)18-26-12-6-7-21(19-26)27-13-15-28(16-14-27)22-8-4-5-9-24(22)30-2/h4-5,8-11,17,21,29H,3,6-7,12-16,18-19H2,1-2H3/t21-/m1/s1. The molecule has 2 aliphatic heterocycles. The molecule has 2 aromatic rings. The second kappa shape index (κ2) is 10.2. The van der Waals surface area contributed by atoms with Gasteiger partial charge in [-0.1, -0.05) is 18.2 Å². The fourth-order valence-electron chi connectivity index (χ4n) is 4.88. The number of piperidine rings is 1. The van der Waals surface area contributed by atoms with Crippen molar-refractivity contribution in [2.75, 3.05) is 57.9 Å². The van der Waals surface area contributed by atoms with Crippen LogP contribution in [-0.2, 0) is 6.54 Å². The number of rotatable bonds is 7. The van der Waals surface area contributed by atoms with Crippen LogP contribution in [0.25, 0.3) is 0 Å². The van der Waals surface area contributed by atoms with Gasteiger partial charge in [0.1, 0.15) is 5.75 Å². The lowest BCUT2D eigenvalue weighted by Crippen LogP contribution is -2.55. The van der Waals surface area contributed by atoms with Gasteiger partial charge in [-0.25, -0.2) is 0 Å². The summed E-state index contributed by atoms with van der Waals surface area (Å²) >= 11 is 0. The maximum absolute atomic E-state index is 9.96. The van der Waals surface area contributed by atoms with Crippen LogP contribution in [0.2, 0.25) is 0 Å². The predicted octanol–water partition coefficient (Wildman–Crippen LogP) is 3.59. The number of phenols is 1. The van der Waals surface area contributed by atoms with Crippen LogP contribution in [-0.4, -0.2) is 73.9 Å². The Morgan fingerprint density at radius 1 is 1.00 bits per heavy atom. The van der Waals surface area contributed by atoms with Gasteiger partial charge < -0.3 is 19.5 Å². The third-order valence-electron chi connectivity index (χ3n) is 6.47. The maximum Gasteiger partial charge on any atom is 0.161 e. The van der Waals surface area contributed by atoms with Gasteiger partial charge in [0.15, 0.2) is 11.5 Å². The van der Waals surface area contributed by atoms with E-state index in [0.717, 1.165) is 51.6 Å². The largest absolute Gasteiger partial charge is 0.504 e. The number of benzene rings is 2. The van der Waals surface area contributed by atoms with Gasteiger partial charge in [0.05, 0.1) is 19.4 Å². The molecule has 2 saturated heterocycles. The van der Waals surface area contributed by atoms with Gasteiger partial charge in [0, 0.05) is 45.3 Å². The number of piperazine rings is 1. The fraction of sp³-hybridized carbons (Fsp3) is 0.520. The van der Waals surface area contributed by atoms with Crippen molar-refractivity contribution in [2.45, 2.75) is 32.4 Å². The zero-order valence-corrected chi connectivity index (χ0v) is 18.8. The zero-order valence-electron chi connectivity index (χ0n) is 18.8. The van der Waals surface area contributed by atoms with E-state index >= 15 is 0 Å². The molecule has 2 aromatic carbocycles. The van der Waals surface area contributed by atoms with E-state index in [2.05, 4.69) is 26.8 Å². The molecule has 4 rings (SSSR count). The lowest BCUT2D eigenvalue weighted by molar-refractivity contribution is 0.0886. The van der Waals surface area contributed by atoms with Crippen molar-refractivity contribution in [2.24, 2.45) is 0 Å². The number of methoxy groups -OCH3 is 1. The average Bonchev–Trinajstić information content (AvgIpc) is 2.82. The van der Waals surface area contributed by atoms with Crippen LogP contribution in [0.3, 0.4) is 0 Å². The molecule has 0 unspecified atom stereocenters. The Labute approximate surface area is 186 Å². The molecule has 2 heterocycles. The maximum atomic E-state index is 9.96. The van der Waals surface area contributed by atoms with E-state index in [1.165, 1.54) is 24.1 Å². The molecule has 31 heavy (non-hydrogen) atoms. The Morgan fingerprint density at radius 3 is 2.58 bits per heavy atom. The SMILES string of the molecule is CCOc1cc(CN2CCC[C@@H](N3CCN(c4ccccc4OC)CC3)C2)ccc1O. The summed E-state index contributed by atoms with van der Waals surface area (Å²) in [6.45, 7) is 9.87. The number of nitrogens with zero attached hydrogens (tertiary/aromatic N) is 3. The first-order valence-corrected chi connectivity index (χ1v) is 11.5. The Balaban J connectivity index is 1.33. The molecular formula is C25H35N3O3. The lowest BCUT2D eigenvalue weighted by atomic mass is 10.0. The van der Waals surface area contributed by atoms with E-state index in [9.17, 15) is 5.11 Å². The minimum absolute atomic E-state index is 0.218. The number of para-hydroxylation sites is 2. The topological polar surface area (TPSA) is 48.4 Å². The summed E-state index contributed by atoms with van der Waals surface area (Å²) in [5, 5.41) is 9.96. The van der Waals surface area contributed by atoms with Gasteiger partial charge in [-0.2, -0.15) is 0 Å². The molecular weight excluding hydrogens is 390 g/mol. The molecule has 0 radical (unpaired) electrons. The number of likely N-dealkylation sites (tertiary alicyclic amines) is 1. The zero-order chi connectivity index (χ0) is 21.6. The molecule has 6 nitrogen and oxygen atoms in total. The van der Waals surface area contributed by atoms with E-state index in [0.29, 0.717) is 18.4 Å². The second-order valence-electron chi connectivity index (χ2n) is 8.46. The van der Waals surface area contributed by atoms with Gasteiger partial charge in [-0.15, -0.1) is 0 Å². The molecule has 1 N–H and O–H groups in total. The van der Waals surface area contributed by atoms with Crippen molar-refractivity contribution < 1.29 is 14.6 Å². The molecule has 0 amide bonds. The summed E-state index contributed by atoms with van der Waals surface area (Å²) in [5.41, 5.74) is 2.40. The van der Waals surface area contributed by atoms with Crippen LogP contribution in [0.5, 0.6) is 17.2 Å². The first-order valence-electron chi connectivity index (χ1n) is 11.5. The second-order valence-corrected chi connectivity index (χ2v) is 8.46. The highest BCUT2D eigenvalue weighted by Gasteiger charge is 2.28. The van der Waals surface area contributed by atoms with Crippen LogP contribution in [0.1, 0.15) is 25.3 Å². The van der Waals surface area contributed by atoms with E-state index in [4.69, 9.17) is 9.47 Å². The quantitative estimate of drug-likeness (QED) is 0.732. The molecule has 0 aliphatic carbocycles. The monoisotopic (exact) mass is 425 g/mol. The van der Waals surface area contributed by atoms with Crippen molar-refractivity contribution in [1.82, 2.24) is 9.80 Å². The van der Waals surface area contributed by atoms with Crippen LogP contribution in [0.15, 0.2) is 42.5 Å². The summed E-state index contributed by atoms with van der Waals surface area (Å²) in [7, 11) is 1.75. The number of ether oxygens (including phenoxy) is 2. The Hall–Kier alpha value is -2.44. The van der Waals surface area contributed by atoms with Crippen molar-refractivity contribution in [3.05, 3.63) is 48.0 Å². The van der Waals surface area contributed by atoms with Crippen molar-refractivity contribution in [3.63, 3.8) is 0 Å². The van der Waals surface area contributed by atoms with Gasteiger partial charge >= 0.3 is 0 Å². The number of aromatic hydroxyl groups is 1. The number of phenolic OH excluding ortho intramolecular Hbond substituents is 1. The molecule has 1 atom stereocenters.